The minimum atomic E-state index is -1.32. The van der Waals surface area contributed by atoms with Crippen molar-refractivity contribution in [3.05, 3.63) is 24.3 Å². The number of hydrogen-bond donors (Lipinski definition) is 1. The average molecular weight is 333 g/mol. The number of carbonyl (C=O) groups excluding carboxylic acids is 3. The molecular weight excluding hydrogens is 312 g/mol. The number of anilines is 1. The van der Waals surface area contributed by atoms with E-state index in [0.717, 1.165) is 0 Å². The lowest BCUT2D eigenvalue weighted by Gasteiger charge is -2.24. The molecule has 2 rings (SSSR count). The molecule has 0 spiro atoms. The van der Waals surface area contributed by atoms with E-state index in [0.29, 0.717) is 11.4 Å². The number of carboxylic acids is 1. The van der Waals surface area contributed by atoms with Gasteiger partial charge in [0, 0.05) is 18.7 Å². The Morgan fingerprint density at radius 1 is 1.29 bits per heavy atom. The van der Waals surface area contributed by atoms with Crippen LogP contribution in [0.15, 0.2) is 24.3 Å². The summed E-state index contributed by atoms with van der Waals surface area (Å²) in [7, 11) is 1.55. The first-order chi connectivity index (χ1) is 11.3. The summed E-state index contributed by atoms with van der Waals surface area (Å²) in [6, 6.07) is 5.90. The van der Waals surface area contributed by atoms with E-state index in [9.17, 15) is 19.5 Å². The molecule has 1 saturated heterocycles. The van der Waals surface area contributed by atoms with Gasteiger partial charge in [0.2, 0.25) is 11.8 Å². The van der Waals surface area contributed by atoms with Gasteiger partial charge in [-0.05, 0) is 30.2 Å². The van der Waals surface area contributed by atoms with Crippen LogP contribution in [0.4, 0.5) is 5.69 Å². The molecule has 1 N–H and O–H groups in total. The smallest absolute Gasteiger partial charge is 0.227 e. The lowest BCUT2D eigenvalue weighted by molar-refractivity contribution is -0.309. The van der Waals surface area contributed by atoms with Crippen molar-refractivity contribution in [3.63, 3.8) is 0 Å². The van der Waals surface area contributed by atoms with Gasteiger partial charge < -0.3 is 24.9 Å². The zero-order chi connectivity index (χ0) is 17.9. The zero-order valence-electron chi connectivity index (χ0n) is 13.9. The number of nitrogens with one attached hydrogen (secondary N) is 1. The molecule has 7 nitrogen and oxygen atoms in total. The number of methoxy groups -OCH3 is 1. The van der Waals surface area contributed by atoms with Gasteiger partial charge in [0.25, 0.3) is 0 Å². The Morgan fingerprint density at radius 2 is 1.92 bits per heavy atom. The SMILES string of the molecule is COc1ccc(N2C[C@H](C(=O)N[C@H](C(=O)[O-])C(C)C)CC2=O)cc1. The molecule has 1 aromatic carbocycles. The average Bonchev–Trinajstić information content (AvgIpc) is 2.93. The summed E-state index contributed by atoms with van der Waals surface area (Å²) in [6.07, 6.45) is 0.0513. The number of rotatable bonds is 6. The summed E-state index contributed by atoms with van der Waals surface area (Å²) >= 11 is 0. The van der Waals surface area contributed by atoms with E-state index in [4.69, 9.17) is 4.74 Å². The number of ether oxygens (including phenoxy) is 1. The fourth-order valence-electron chi connectivity index (χ4n) is 2.66. The van der Waals surface area contributed by atoms with E-state index >= 15 is 0 Å². The fraction of sp³-hybridized carbons (Fsp3) is 0.471. The number of carboxylic acid groups (broad SMARTS) is 1. The van der Waals surface area contributed by atoms with Crippen molar-refractivity contribution in [2.45, 2.75) is 26.3 Å². The minimum Gasteiger partial charge on any atom is -0.548 e. The quantitative estimate of drug-likeness (QED) is 0.786. The molecule has 2 atom stereocenters. The highest BCUT2D eigenvalue weighted by Crippen LogP contribution is 2.27. The molecule has 0 unspecified atom stereocenters. The van der Waals surface area contributed by atoms with Gasteiger partial charge in [-0.3, -0.25) is 9.59 Å². The van der Waals surface area contributed by atoms with Crippen LogP contribution >= 0.6 is 0 Å². The first kappa shape index (κ1) is 17.8. The van der Waals surface area contributed by atoms with Crippen LogP contribution in [0.2, 0.25) is 0 Å². The minimum absolute atomic E-state index is 0.0513. The lowest BCUT2D eigenvalue weighted by atomic mass is 10.0. The van der Waals surface area contributed by atoms with Crippen LogP contribution in [-0.2, 0) is 14.4 Å². The van der Waals surface area contributed by atoms with Crippen LogP contribution < -0.4 is 20.1 Å². The second-order valence-electron chi connectivity index (χ2n) is 6.15. The number of hydrogen-bond acceptors (Lipinski definition) is 5. The van der Waals surface area contributed by atoms with Gasteiger partial charge in [-0.1, -0.05) is 13.8 Å². The fourth-order valence-corrected chi connectivity index (χ4v) is 2.66. The van der Waals surface area contributed by atoms with Gasteiger partial charge in [-0.2, -0.15) is 0 Å². The zero-order valence-corrected chi connectivity index (χ0v) is 13.9. The molecule has 7 heteroatoms. The van der Waals surface area contributed by atoms with Gasteiger partial charge in [0.15, 0.2) is 0 Å². The summed E-state index contributed by atoms with van der Waals surface area (Å²) in [4.78, 5) is 37.1. The highest BCUT2D eigenvalue weighted by atomic mass is 16.5. The van der Waals surface area contributed by atoms with Gasteiger partial charge in [0.1, 0.15) is 5.75 Å². The van der Waals surface area contributed by atoms with Gasteiger partial charge in [-0.25, -0.2) is 0 Å². The number of carbonyl (C=O) groups is 3. The molecule has 0 saturated carbocycles. The van der Waals surface area contributed by atoms with Crippen LogP contribution in [0.3, 0.4) is 0 Å². The molecule has 1 aliphatic heterocycles. The van der Waals surface area contributed by atoms with E-state index in [1.165, 1.54) is 4.90 Å². The van der Waals surface area contributed by atoms with Gasteiger partial charge in [-0.15, -0.1) is 0 Å². The molecule has 0 bridgehead atoms. The Balaban J connectivity index is 2.05. The molecule has 1 heterocycles. The molecule has 130 valence electrons. The Kier molecular flexibility index (Phi) is 5.43. The van der Waals surface area contributed by atoms with Crippen molar-refractivity contribution in [1.82, 2.24) is 5.32 Å². The summed E-state index contributed by atoms with van der Waals surface area (Å²) in [5.74, 6) is -2.14. The highest BCUT2D eigenvalue weighted by molar-refractivity contribution is 6.00. The second-order valence-corrected chi connectivity index (χ2v) is 6.15. The molecule has 0 aromatic heterocycles. The van der Waals surface area contributed by atoms with Crippen LogP contribution in [0.1, 0.15) is 20.3 Å². The van der Waals surface area contributed by atoms with E-state index in [-0.39, 0.29) is 24.8 Å². The largest absolute Gasteiger partial charge is 0.548 e. The predicted molar refractivity (Wildman–Crippen MR) is 85.2 cm³/mol. The van der Waals surface area contributed by atoms with Crippen LogP contribution in [0, 0.1) is 11.8 Å². The lowest BCUT2D eigenvalue weighted by Crippen LogP contribution is -2.52. The van der Waals surface area contributed by atoms with Gasteiger partial charge >= 0.3 is 0 Å². The Morgan fingerprint density at radius 3 is 2.42 bits per heavy atom. The van der Waals surface area contributed by atoms with Crippen molar-refractivity contribution in [2.75, 3.05) is 18.6 Å². The molecule has 2 amide bonds. The monoisotopic (exact) mass is 333 g/mol. The van der Waals surface area contributed by atoms with Crippen LogP contribution in [0.5, 0.6) is 5.75 Å². The van der Waals surface area contributed by atoms with Crippen molar-refractivity contribution in [3.8, 4) is 5.75 Å². The number of aliphatic carboxylic acids is 1. The van der Waals surface area contributed by atoms with E-state index in [1.54, 1.807) is 45.2 Å². The standard InChI is InChI=1S/C17H22N2O5/c1-10(2)15(17(22)23)18-16(21)11-8-14(20)19(9-11)12-4-6-13(24-3)7-5-12/h4-7,10-11,15H,8-9H2,1-3H3,(H,18,21)(H,22,23)/p-1/t11-,15+/m1/s1. The van der Waals surface area contributed by atoms with E-state index in [1.807, 2.05) is 0 Å². The molecular formula is C17H21N2O5-. The van der Waals surface area contributed by atoms with Crippen molar-refractivity contribution >= 4 is 23.5 Å². The molecule has 1 aliphatic rings. The number of amides is 2. The third kappa shape index (κ3) is 3.84. The highest BCUT2D eigenvalue weighted by Gasteiger charge is 2.36. The summed E-state index contributed by atoms with van der Waals surface area (Å²) in [5.41, 5.74) is 0.677. The summed E-state index contributed by atoms with van der Waals surface area (Å²) in [6.45, 7) is 3.59. The maximum Gasteiger partial charge on any atom is 0.227 e. The Hall–Kier alpha value is -2.57. The number of benzene rings is 1. The van der Waals surface area contributed by atoms with Crippen molar-refractivity contribution in [1.29, 1.82) is 0 Å². The molecule has 1 fully saturated rings. The molecule has 1 aromatic rings. The molecule has 24 heavy (non-hydrogen) atoms. The van der Waals surface area contributed by atoms with Crippen LogP contribution in [-0.4, -0.2) is 37.5 Å². The third-order valence-corrected chi connectivity index (χ3v) is 4.10. The predicted octanol–water partition coefficient (Wildman–Crippen LogP) is -0.0612. The normalized spacial score (nSPS) is 18.6. The first-order valence-corrected chi connectivity index (χ1v) is 7.79. The topological polar surface area (TPSA) is 98.8 Å². The summed E-state index contributed by atoms with van der Waals surface area (Å²) < 4.78 is 5.08. The maximum atomic E-state index is 12.3. The number of nitrogens with zero attached hydrogens (tertiary/aromatic N) is 1. The third-order valence-electron chi connectivity index (χ3n) is 4.10. The first-order valence-electron chi connectivity index (χ1n) is 7.79. The van der Waals surface area contributed by atoms with Crippen LogP contribution in [0.25, 0.3) is 0 Å². The molecule has 0 radical (unpaired) electrons. The Bertz CT molecular complexity index is 626. The van der Waals surface area contributed by atoms with E-state index < -0.39 is 23.8 Å². The summed E-state index contributed by atoms with van der Waals surface area (Å²) in [5, 5.41) is 13.6. The second kappa shape index (κ2) is 7.33. The maximum absolute atomic E-state index is 12.3. The molecule has 0 aliphatic carbocycles. The van der Waals surface area contributed by atoms with Crippen molar-refractivity contribution in [2.24, 2.45) is 11.8 Å². The Labute approximate surface area is 140 Å². The van der Waals surface area contributed by atoms with Gasteiger partial charge in [0.05, 0.1) is 25.0 Å². The van der Waals surface area contributed by atoms with Crippen molar-refractivity contribution < 1.29 is 24.2 Å². The van der Waals surface area contributed by atoms with E-state index in [2.05, 4.69) is 5.32 Å².